The zero-order valence-corrected chi connectivity index (χ0v) is 12.1. The molecule has 0 aliphatic heterocycles. The van der Waals surface area contributed by atoms with E-state index >= 15 is 0 Å². The molecule has 1 aromatic carbocycles. The lowest BCUT2D eigenvalue weighted by Crippen LogP contribution is -2.17. The minimum Gasteiger partial charge on any atom is -0.305 e. The first kappa shape index (κ1) is 13.6. The fourth-order valence-electron chi connectivity index (χ4n) is 1.58. The van der Waals surface area contributed by atoms with Gasteiger partial charge in [-0.3, -0.25) is 0 Å². The third-order valence-electron chi connectivity index (χ3n) is 2.62. The Bertz CT molecular complexity index is 542. The van der Waals surface area contributed by atoms with Gasteiger partial charge >= 0.3 is 0 Å². The van der Waals surface area contributed by atoms with Crippen LogP contribution < -0.4 is 5.32 Å². The summed E-state index contributed by atoms with van der Waals surface area (Å²) in [7, 11) is 0. The molecule has 1 aromatic heterocycles. The van der Waals surface area contributed by atoms with Crippen molar-refractivity contribution in [1.82, 2.24) is 5.32 Å². The van der Waals surface area contributed by atoms with Gasteiger partial charge in [0.25, 0.3) is 0 Å². The average Bonchev–Trinajstić information content (AvgIpc) is 2.77. The molecule has 2 aromatic rings. The Morgan fingerprint density at radius 2 is 2.00 bits per heavy atom. The highest BCUT2D eigenvalue weighted by Crippen LogP contribution is 2.27. The van der Waals surface area contributed by atoms with Crippen LogP contribution in [0.5, 0.6) is 0 Å². The zero-order valence-electron chi connectivity index (χ0n) is 9.71. The van der Waals surface area contributed by atoms with Crippen molar-refractivity contribution in [2.75, 3.05) is 0 Å². The summed E-state index contributed by atoms with van der Waals surface area (Å²) < 4.78 is 26.9. The maximum absolute atomic E-state index is 13.0. The Labute approximate surface area is 117 Å². The summed E-state index contributed by atoms with van der Waals surface area (Å²) in [6.07, 6.45) is 0. The number of hydrogen-bond donors (Lipinski definition) is 1. The largest absolute Gasteiger partial charge is 0.305 e. The zero-order chi connectivity index (χ0) is 13.1. The van der Waals surface area contributed by atoms with E-state index in [0.717, 1.165) is 15.4 Å². The van der Waals surface area contributed by atoms with Crippen LogP contribution in [0, 0.1) is 11.6 Å². The second kappa shape index (κ2) is 5.91. The number of thiophene rings is 1. The van der Waals surface area contributed by atoms with Crippen LogP contribution in [-0.2, 0) is 6.54 Å². The van der Waals surface area contributed by atoms with Gasteiger partial charge in [0.1, 0.15) is 0 Å². The molecular formula is C13H12BrF2NS. The summed E-state index contributed by atoms with van der Waals surface area (Å²) in [5.41, 5.74) is 0.733. The third-order valence-corrected chi connectivity index (χ3v) is 4.42. The summed E-state index contributed by atoms with van der Waals surface area (Å²) in [6.45, 7) is 2.55. The summed E-state index contributed by atoms with van der Waals surface area (Å²) in [6, 6.07) is 8.17. The highest BCUT2D eigenvalue weighted by Gasteiger charge is 2.08. The summed E-state index contributed by atoms with van der Waals surface area (Å²) >= 11 is 5.07. The van der Waals surface area contributed by atoms with Gasteiger partial charge in [0.05, 0.1) is 3.79 Å². The van der Waals surface area contributed by atoms with Crippen molar-refractivity contribution in [2.45, 2.75) is 19.5 Å². The van der Waals surface area contributed by atoms with E-state index in [9.17, 15) is 8.78 Å². The van der Waals surface area contributed by atoms with Gasteiger partial charge in [-0.2, -0.15) is 0 Å². The highest BCUT2D eigenvalue weighted by molar-refractivity contribution is 9.11. The van der Waals surface area contributed by atoms with Gasteiger partial charge in [0, 0.05) is 17.5 Å². The SMILES string of the molecule is CC(NCc1ccc(F)c(F)c1)c1ccc(Br)s1. The van der Waals surface area contributed by atoms with E-state index in [1.54, 1.807) is 17.4 Å². The third kappa shape index (κ3) is 3.37. The lowest BCUT2D eigenvalue weighted by Gasteiger charge is -2.12. The van der Waals surface area contributed by atoms with Gasteiger partial charge < -0.3 is 5.32 Å². The number of nitrogens with one attached hydrogen (secondary N) is 1. The second-order valence-electron chi connectivity index (χ2n) is 3.99. The fraction of sp³-hybridized carbons (Fsp3) is 0.231. The van der Waals surface area contributed by atoms with Gasteiger partial charge in [0.15, 0.2) is 11.6 Å². The molecule has 1 N–H and O–H groups in total. The van der Waals surface area contributed by atoms with Crippen molar-refractivity contribution in [3.8, 4) is 0 Å². The molecule has 0 bridgehead atoms. The maximum Gasteiger partial charge on any atom is 0.159 e. The van der Waals surface area contributed by atoms with Crippen molar-refractivity contribution in [3.05, 3.63) is 56.2 Å². The van der Waals surface area contributed by atoms with Crippen LogP contribution in [0.3, 0.4) is 0 Å². The Morgan fingerprint density at radius 1 is 1.22 bits per heavy atom. The summed E-state index contributed by atoms with van der Waals surface area (Å²) in [5.74, 6) is -1.62. The molecule has 1 heterocycles. The molecule has 0 saturated carbocycles. The second-order valence-corrected chi connectivity index (χ2v) is 6.49. The number of hydrogen-bond acceptors (Lipinski definition) is 2. The van der Waals surface area contributed by atoms with Gasteiger partial charge in [-0.25, -0.2) is 8.78 Å². The number of rotatable bonds is 4. The van der Waals surface area contributed by atoms with Crippen LogP contribution in [-0.4, -0.2) is 0 Å². The summed E-state index contributed by atoms with van der Waals surface area (Å²) in [4.78, 5) is 1.20. The van der Waals surface area contributed by atoms with Crippen molar-refractivity contribution < 1.29 is 8.78 Å². The molecular weight excluding hydrogens is 320 g/mol. The number of halogens is 3. The monoisotopic (exact) mass is 331 g/mol. The van der Waals surface area contributed by atoms with Crippen LogP contribution >= 0.6 is 27.3 Å². The first-order valence-electron chi connectivity index (χ1n) is 5.49. The highest BCUT2D eigenvalue weighted by atomic mass is 79.9. The number of benzene rings is 1. The predicted octanol–water partition coefficient (Wildman–Crippen LogP) is 4.64. The molecule has 1 unspecified atom stereocenters. The topological polar surface area (TPSA) is 12.0 Å². The van der Waals surface area contributed by atoms with Gasteiger partial charge in [-0.1, -0.05) is 6.07 Å². The van der Waals surface area contributed by atoms with Crippen molar-refractivity contribution in [2.24, 2.45) is 0 Å². The van der Waals surface area contributed by atoms with E-state index < -0.39 is 11.6 Å². The molecule has 0 saturated heterocycles. The van der Waals surface area contributed by atoms with Gasteiger partial charge in [-0.05, 0) is 52.7 Å². The molecule has 0 aliphatic rings. The Hall–Kier alpha value is -0.780. The van der Waals surface area contributed by atoms with Crippen LogP contribution in [0.25, 0.3) is 0 Å². The molecule has 0 aliphatic carbocycles. The molecule has 96 valence electrons. The van der Waals surface area contributed by atoms with E-state index in [-0.39, 0.29) is 6.04 Å². The standard InChI is InChI=1S/C13H12BrF2NS/c1-8(12-4-5-13(14)18-12)17-7-9-2-3-10(15)11(16)6-9/h2-6,8,17H,7H2,1H3. The molecule has 0 amide bonds. The van der Waals surface area contributed by atoms with E-state index in [0.29, 0.717) is 6.54 Å². The lowest BCUT2D eigenvalue weighted by atomic mass is 10.2. The van der Waals surface area contributed by atoms with Crippen LogP contribution in [0.4, 0.5) is 8.78 Å². The molecule has 2 rings (SSSR count). The first-order chi connectivity index (χ1) is 8.56. The molecule has 0 spiro atoms. The van der Waals surface area contributed by atoms with Gasteiger partial charge in [0.2, 0.25) is 0 Å². The minimum atomic E-state index is -0.811. The minimum absolute atomic E-state index is 0.175. The molecule has 0 radical (unpaired) electrons. The summed E-state index contributed by atoms with van der Waals surface area (Å²) in [5, 5.41) is 3.28. The van der Waals surface area contributed by atoms with E-state index in [1.807, 2.05) is 19.1 Å². The van der Waals surface area contributed by atoms with E-state index in [2.05, 4.69) is 21.2 Å². The molecule has 1 atom stereocenters. The van der Waals surface area contributed by atoms with Crippen molar-refractivity contribution in [3.63, 3.8) is 0 Å². The Balaban J connectivity index is 1.97. The molecule has 1 nitrogen and oxygen atoms in total. The van der Waals surface area contributed by atoms with Crippen molar-refractivity contribution in [1.29, 1.82) is 0 Å². The van der Waals surface area contributed by atoms with Crippen molar-refractivity contribution >= 4 is 27.3 Å². The van der Waals surface area contributed by atoms with Crippen LogP contribution in [0.15, 0.2) is 34.1 Å². The van der Waals surface area contributed by atoms with E-state index in [1.165, 1.54) is 10.9 Å². The quantitative estimate of drug-likeness (QED) is 0.860. The molecule has 18 heavy (non-hydrogen) atoms. The average molecular weight is 332 g/mol. The molecule has 5 heteroatoms. The van der Waals surface area contributed by atoms with Crippen LogP contribution in [0.1, 0.15) is 23.4 Å². The smallest absolute Gasteiger partial charge is 0.159 e. The Kier molecular flexibility index (Phi) is 4.48. The Morgan fingerprint density at radius 3 is 2.61 bits per heavy atom. The predicted molar refractivity (Wildman–Crippen MR) is 73.6 cm³/mol. The molecule has 0 fully saturated rings. The van der Waals surface area contributed by atoms with E-state index in [4.69, 9.17) is 0 Å². The maximum atomic E-state index is 13.0. The lowest BCUT2D eigenvalue weighted by molar-refractivity contribution is 0.504. The first-order valence-corrected chi connectivity index (χ1v) is 7.10. The fourth-order valence-corrected chi connectivity index (χ4v) is 3.03. The normalized spacial score (nSPS) is 12.7. The van der Waals surface area contributed by atoms with Gasteiger partial charge in [-0.15, -0.1) is 11.3 Å². The van der Waals surface area contributed by atoms with Crippen LogP contribution in [0.2, 0.25) is 0 Å².